The van der Waals surface area contributed by atoms with Crippen LogP contribution in [-0.2, 0) is 4.79 Å². The highest BCUT2D eigenvalue weighted by atomic mass is 16.4. The summed E-state index contributed by atoms with van der Waals surface area (Å²) in [5.41, 5.74) is 1.78. The maximum atomic E-state index is 10.9. The van der Waals surface area contributed by atoms with Gasteiger partial charge in [-0.05, 0) is 29.8 Å². The molecule has 5 heteroatoms. The highest BCUT2D eigenvalue weighted by molar-refractivity contribution is 5.89. The van der Waals surface area contributed by atoms with Crippen molar-refractivity contribution in [3.63, 3.8) is 0 Å². The summed E-state index contributed by atoms with van der Waals surface area (Å²) in [6.45, 7) is 1.41. The van der Waals surface area contributed by atoms with Crippen LogP contribution in [0.5, 0.6) is 0 Å². The highest BCUT2D eigenvalue weighted by Crippen LogP contribution is 2.20. The van der Waals surface area contributed by atoms with E-state index in [2.05, 4.69) is 10.3 Å². The van der Waals surface area contributed by atoms with Crippen molar-refractivity contribution < 1.29 is 14.7 Å². The molecule has 96 valence electrons. The van der Waals surface area contributed by atoms with Gasteiger partial charge < -0.3 is 10.4 Å². The number of anilines is 1. The van der Waals surface area contributed by atoms with Crippen molar-refractivity contribution in [2.24, 2.45) is 0 Å². The number of aromatic nitrogens is 1. The van der Waals surface area contributed by atoms with Crippen LogP contribution in [0.4, 0.5) is 5.82 Å². The van der Waals surface area contributed by atoms with Gasteiger partial charge in [-0.3, -0.25) is 4.79 Å². The third-order valence-corrected chi connectivity index (χ3v) is 2.51. The van der Waals surface area contributed by atoms with Crippen LogP contribution in [0.2, 0.25) is 0 Å². The van der Waals surface area contributed by atoms with Crippen LogP contribution in [0.15, 0.2) is 42.6 Å². The van der Waals surface area contributed by atoms with Crippen LogP contribution in [0.3, 0.4) is 0 Å². The van der Waals surface area contributed by atoms with Crippen molar-refractivity contribution in [2.45, 2.75) is 6.92 Å². The number of hydrogen-bond acceptors (Lipinski definition) is 3. The molecule has 0 spiro atoms. The molecule has 0 unspecified atom stereocenters. The van der Waals surface area contributed by atoms with Gasteiger partial charge >= 0.3 is 5.97 Å². The number of carboxylic acids is 1. The van der Waals surface area contributed by atoms with Gasteiger partial charge in [-0.25, -0.2) is 9.78 Å². The fourth-order valence-corrected chi connectivity index (χ4v) is 1.65. The Bertz CT molecular complexity index is 621. The quantitative estimate of drug-likeness (QED) is 0.883. The Hall–Kier alpha value is -2.69. The third kappa shape index (κ3) is 3.16. The highest BCUT2D eigenvalue weighted by Gasteiger charge is 2.05. The molecule has 2 N–H and O–H groups in total. The van der Waals surface area contributed by atoms with Gasteiger partial charge in [0.1, 0.15) is 5.82 Å². The van der Waals surface area contributed by atoms with Crippen LogP contribution >= 0.6 is 0 Å². The lowest BCUT2D eigenvalue weighted by atomic mass is 10.0. The van der Waals surface area contributed by atoms with Gasteiger partial charge in [0.15, 0.2) is 0 Å². The second-order valence-electron chi connectivity index (χ2n) is 4.00. The van der Waals surface area contributed by atoms with Crippen molar-refractivity contribution >= 4 is 17.7 Å². The number of carbonyl (C=O) groups excluding carboxylic acids is 1. The molecular formula is C14H12N2O3. The zero-order valence-electron chi connectivity index (χ0n) is 10.3. The molecule has 0 aliphatic carbocycles. The van der Waals surface area contributed by atoms with E-state index in [1.807, 2.05) is 6.07 Å². The molecule has 1 aromatic carbocycles. The van der Waals surface area contributed by atoms with Crippen molar-refractivity contribution in [1.82, 2.24) is 4.98 Å². The molecular weight excluding hydrogens is 244 g/mol. The maximum absolute atomic E-state index is 10.9. The molecule has 5 nitrogen and oxygen atoms in total. The minimum atomic E-state index is -0.968. The maximum Gasteiger partial charge on any atom is 0.335 e. The summed E-state index contributed by atoms with van der Waals surface area (Å²) in [5.74, 6) is -0.691. The van der Waals surface area contributed by atoms with Crippen molar-refractivity contribution in [3.05, 3.63) is 48.2 Å². The number of amides is 1. The molecule has 0 fully saturated rings. The fraction of sp³-hybridized carbons (Fsp3) is 0.0714. The standard InChI is InChI=1S/C14H12N2O3/c1-9(17)16-13-6-5-12(8-15-13)10-3-2-4-11(7-10)14(18)19/h2-8H,1H3,(H,18,19)(H,15,16,17). The number of pyridine rings is 1. The number of benzene rings is 1. The monoisotopic (exact) mass is 256 g/mol. The van der Waals surface area contributed by atoms with Gasteiger partial charge in [0, 0.05) is 18.7 Å². The van der Waals surface area contributed by atoms with Crippen LogP contribution < -0.4 is 5.32 Å². The molecule has 19 heavy (non-hydrogen) atoms. The summed E-state index contributed by atoms with van der Waals surface area (Å²) < 4.78 is 0. The first-order valence-electron chi connectivity index (χ1n) is 5.63. The summed E-state index contributed by atoms with van der Waals surface area (Å²) in [6, 6.07) is 10.0. The number of aromatic carboxylic acids is 1. The SMILES string of the molecule is CC(=O)Nc1ccc(-c2cccc(C(=O)O)c2)cn1. The van der Waals surface area contributed by atoms with Crippen molar-refractivity contribution in [2.75, 3.05) is 5.32 Å². The lowest BCUT2D eigenvalue weighted by Crippen LogP contribution is -2.06. The van der Waals surface area contributed by atoms with E-state index in [0.29, 0.717) is 5.82 Å². The molecule has 0 aliphatic heterocycles. The molecule has 0 radical (unpaired) electrons. The van der Waals surface area contributed by atoms with E-state index in [-0.39, 0.29) is 11.5 Å². The smallest absolute Gasteiger partial charge is 0.335 e. The Morgan fingerprint density at radius 1 is 1.16 bits per heavy atom. The largest absolute Gasteiger partial charge is 0.478 e. The zero-order chi connectivity index (χ0) is 13.8. The molecule has 0 saturated heterocycles. The fourth-order valence-electron chi connectivity index (χ4n) is 1.65. The van der Waals surface area contributed by atoms with Crippen LogP contribution in [0.1, 0.15) is 17.3 Å². The predicted molar refractivity (Wildman–Crippen MR) is 70.9 cm³/mol. The second-order valence-corrected chi connectivity index (χ2v) is 4.00. The van der Waals surface area contributed by atoms with Crippen molar-refractivity contribution in [1.29, 1.82) is 0 Å². The van der Waals surface area contributed by atoms with Gasteiger partial charge in [0.25, 0.3) is 0 Å². The molecule has 0 saturated carbocycles. The first kappa shape index (κ1) is 12.8. The molecule has 0 aliphatic rings. The number of nitrogens with one attached hydrogen (secondary N) is 1. The Labute approximate surface area is 109 Å². The lowest BCUT2D eigenvalue weighted by Gasteiger charge is -2.05. The number of rotatable bonds is 3. The van der Waals surface area contributed by atoms with Crippen LogP contribution in [0, 0.1) is 0 Å². The average Bonchev–Trinajstić information content (AvgIpc) is 2.39. The summed E-state index contributed by atoms with van der Waals surface area (Å²) >= 11 is 0. The van der Waals surface area contributed by atoms with E-state index in [0.717, 1.165) is 11.1 Å². The molecule has 1 aromatic heterocycles. The molecule has 1 heterocycles. The van der Waals surface area contributed by atoms with Gasteiger partial charge in [-0.1, -0.05) is 12.1 Å². The van der Waals surface area contributed by atoms with Crippen LogP contribution in [-0.4, -0.2) is 22.0 Å². The van der Waals surface area contributed by atoms with E-state index in [1.54, 1.807) is 30.5 Å². The number of nitrogens with zero attached hydrogens (tertiary/aromatic N) is 1. The molecule has 0 bridgehead atoms. The number of carboxylic acid groups (broad SMARTS) is 1. The Morgan fingerprint density at radius 2 is 1.95 bits per heavy atom. The van der Waals surface area contributed by atoms with Gasteiger partial charge in [-0.15, -0.1) is 0 Å². The predicted octanol–water partition coefficient (Wildman–Crippen LogP) is 2.41. The minimum absolute atomic E-state index is 0.187. The number of carbonyl (C=O) groups is 2. The first-order valence-corrected chi connectivity index (χ1v) is 5.63. The molecule has 0 atom stereocenters. The summed E-state index contributed by atoms with van der Waals surface area (Å²) in [6.07, 6.45) is 1.59. The Morgan fingerprint density at radius 3 is 2.53 bits per heavy atom. The zero-order valence-corrected chi connectivity index (χ0v) is 10.3. The summed E-state index contributed by atoms with van der Waals surface area (Å²) in [7, 11) is 0. The van der Waals surface area contributed by atoms with Gasteiger partial charge in [0.2, 0.25) is 5.91 Å². The first-order chi connectivity index (χ1) is 9.06. The molecule has 1 amide bonds. The Balaban J connectivity index is 2.29. The minimum Gasteiger partial charge on any atom is -0.478 e. The van der Waals surface area contributed by atoms with Crippen LogP contribution in [0.25, 0.3) is 11.1 Å². The lowest BCUT2D eigenvalue weighted by molar-refractivity contribution is -0.114. The second kappa shape index (κ2) is 5.30. The van der Waals surface area contributed by atoms with E-state index >= 15 is 0 Å². The number of hydrogen-bond donors (Lipinski definition) is 2. The topological polar surface area (TPSA) is 79.3 Å². The molecule has 2 aromatic rings. The third-order valence-electron chi connectivity index (χ3n) is 2.51. The average molecular weight is 256 g/mol. The molecule has 2 rings (SSSR count). The van der Waals surface area contributed by atoms with E-state index in [9.17, 15) is 9.59 Å². The van der Waals surface area contributed by atoms with Gasteiger partial charge in [0.05, 0.1) is 5.56 Å². The summed E-state index contributed by atoms with van der Waals surface area (Å²) in [5, 5.41) is 11.5. The normalized spacial score (nSPS) is 9.95. The van der Waals surface area contributed by atoms with Gasteiger partial charge in [-0.2, -0.15) is 0 Å². The van der Waals surface area contributed by atoms with E-state index < -0.39 is 5.97 Å². The van der Waals surface area contributed by atoms with Crippen molar-refractivity contribution in [3.8, 4) is 11.1 Å². The van der Waals surface area contributed by atoms with E-state index in [1.165, 1.54) is 13.0 Å². The van der Waals surface area contributed by atoms with E-state index in [4.69, 9.17) is 5.11 Å². The summed E-state index contributed by atoms with van der Waals surface area (Å²) in [4.78, 5) is 25.9. The Kier molecular flexibility index (Phi) is 3.56.